The van der Waals surface area contributed by atoms with Crippen LogP contribution in [0.1, 0.15) is 0 Å². The summed E-state index contributed by atoms with van der Waals surface area (Å²) < 4.78 is 65.9. The van der Waals surface area contributed by atoms with Gasteiger partial charge in [0.2, 0.25) is 10.3 Å². The van der Waals surface area contributed by atoms with Crippen LogP contribution in [-0.2, 0) is 28.4 Å². The molecule has 1 aliphatic rings. The van der Waals surface area contributed by atoms with Crippen LogP contribution in [0.2, 0.25) is 0 Å². The number of hydrogen-bond acceptors (Lipinski definition) is 7. The minimum atomic E-state index is -4.50. The van der Waals surface area contributed by atoms with Crippen LogP contribution >= 0.6 is 33.0 Å². The van der Waals surface area contributed by atoms with Crippen molar-refractivity contribution in [2.24, 2.45) is 4.99 Å². The van der Waals surface area contributed by atoms with Gasteiger partial charge in [-0.1, -0.05) is 0 Å². The maximum atomic E-state index is 11.1. The standard InChI is InChI=1S/C5H2Cl3NO6S3/c6-4-2(16(10)11)1-3(17(7,12)13)9-5(4)18(8,14)15/h1,4H. The van der Waals surface area contributed by atoms with Gasteiger partial charge < -0.3 is 0 Å². The smallest absolute Gasteiger partial charge is 0.224 e. The molecule has 0 aliphatic carbocycles. The van der Waals surface area contributed by atoms with E-state index in [0.29, 0.717) is 6.08 Å². The Morgan fingerprint density at radius 2 is 1.61 bits per heavy atom. The van der Waals surface area contributed by atoms with Crippen LogP contribution in [-0.4, -0.2) is 40.5 Å². The molecule has 7 nitrogen and oxygen atoms in total. The molecule has 0 spiro atoms. The molecule has 0 aromatic rings. The Hall–Kier alpha value is -0.130. The van der Waals surface area contributed by atoms with E-state index in [-0.39, 0.29) is 0 Å². The summed E-state index contributed by atoms with van der Waals surface area (Å²) in [7, 11) is -1.99. The van der Waals surface area contributed by atoms with E-state index in [1.54, 1.807) is 0 Å². The first-order chi connectivity index (χ1) is 7.94. The molecule has 0 saturated carbocycles. The third-order valence-electron chi connectivity index (χ3n) is 1.64. The summed E-state index contributed by atoms with van der Waals surface area (Å²) in [5.41, 5.74) is 0. The van der Waals surface area contributed by atoms with Gasteiger partial charge in [-0.15, -0.1) is 11.6 Å². The maximum Gasteiger partial charge on any atom is 0.278 e. The predicted octanol–water partition coefficient (Wildman–Crippen LogP) is 0.0360. The lowest BCUT2D eigenvalue weighted by atomic mass is 10.3. The van der Waals surface area contributed by atoms with Crippen LogP contribution in [0.5, 0.6) is 0 Å². The highest BCUT2D eigenvalue weighted by atomic mass is 35.7. The van der Waals surface area contributed by atoms with Crippen molar-refractivity contribution in [3.05, 3.63) is 11.1 Å². The fourth-order valence-corrected chi connectivity index (χ4v) is 4.13. The molecule has 102 valence electrons. The Morgan fingerprint density at radius 3 is 1.94 bits per heavy atom. The van der Waals surface area contributed by atoms with Gasteiger partial charge in [-0.25, -0.2) is 21.8 Å². The first-order valence-electron chi connectivity index (χ1n) is 3.74. The highest BCUT2D eigenvalue weighted by molar-refractivity contribution is 8.26. The Labute approximate surface area is 117 Å². The number of allylic oxidation sites excluding steroid dienone is 1. The van der Waals surface area contributed by atoms with E-state index in [1.165, 1.54) is 0 Å². The van der Waals surface area contributed by atoms with E-state index >= 15 is 0 Å². The molecule has 0 saturated heterocycles. The van der Waals surface area contributed by atoms with E-state index < -0.39 is 48.7 Å². The largest absolute Gasteiger partial charge is 0.278 e. The molecule has 0 N–H and O–H groups in total. The zero-order chi connectivity index (χ0) is 14.3. The molecular weight excluding hydrogens is 373 g/mol. The molecule has 0 radical (unpaired) electrons. The molecule has 0 fully saturated rings. The minimum absolute atomic E-state index is 0.550. The predicted molar refractivity (Wildman–Crippen MR) is 68.6 cm³/mol. The van der Waals surface area contributed by atoms with E-state index in [4.69, 9.17) is 33.0 Å². The zero-order valence-electron chi connectivity index (χ0n) is 7.91. The zero-order valence-corrected chi connectivity index (χ0v) is 12.6. The van der Waals surface area contributed by atoms with Crippen molar-refractivity contribution in [2.75, 3.05) is 0 Å². The molecule has 1 heterocycles. The number of hydrogen-bond donors (Lipinski definition) is 0. The lowest BCUT2D eigenvalue weighted by Gasteiger charge is -2.13. The van der Waals surface area contributed by atoms with Crippen LogP contribution < -0.4 is 0 Å². The third kappa shape index (κ3) is 3.45. The van der Waals surface area contributed by atoms with Crippen molar-refractivity contribution in [3.8, 4) is 0 Å². The summed E-state index contributed by atoms with van der Waals surface area (Å²) in [4.78, 5) is 2.43. The molecule has 0 aromatic heterocycles. The van der Waals surface area contributed by atoms with Crippen molar-refractivity contribution in [1.29, 1.82) is 0 Å². The second-order valence-electron chi connectivity index (χ2n) is 2.81. The average Bonchev–Trinajstić information content (AvgIpc) is 2.13. The van der Waals surface area contributed by atoms with Crippen LogP contribution in [0.3, 0.4) is 0 Å². The molecule has 0 aromatic carbocycles. The van der Waals surface area contributed by atoms with Gasteiger partial charge in [0.25, 0.3) is 18.1 Å². The Bertz CT molecular complexity index is 779. The van der Waals surface area contributed by atoms with E-state index in [1.807, 2.05) is 0 Å². The van der Waals surface area contributed by atoms with Gasteiger partial charge in [-0.3, -0.25) is 0 Å². The molecule has 18 heavy (non-hydrogen) atoms. The first kappa shape index (κ1) is 15.9. The lowest BCUT2D eigenvalue weighted by Crippen LogP contribution is -2.32. The number of alkyl halides is 1. The summed E-state index contributed by atoms with van der Waals surface area (Å²) in [6.07, 6.45) is 0.550. The maximum absolute atomic E-state index is 11.1. The SMILES string of the molecule is O=S(=O)=C1C=C(S(=O)(=O)Cl)N=C(S(=O)(=O)Cl)C1Cl. The number of rotatable bonds is 1. The highest BCUT2D eigenvalue weighted by Crippen LogP contribution is 2.24. The van der Waals surface area contributed by atoms with E-state index in [2.05, 4.69) is 4.99 Å². The van der Waals surface area contributed by atoms with Crippen molar-refractivity contribution < 1.29 is 25.3 Å². The molecule has 1 atom stereocenters. The average molecular weight is 375 g/mol. The van der Waals surface area contributed by atoms with Crippen molar-refractivity contribution in [1.82, 2.24) is 0 Å². The molecule has 1 rings (SSSR count). The lowest BCUT2D eigenvalue weighted by molar-refractivity contribution is 0.614. The third-order valence-corrected chi connectivity index (χ3v) is 5.57. The van der Waals surface area contributed by atoms with Crippen LogP contribution in [0.4, 0.5) is 0 Å². The first-order valence-corrected chi connectivity index (χ1v) is 9.87. The molecule has 1 aliphatic heterocycles. The van der Waals surface area contributed by atoms with Gasteiger partial charge in [0.1, 0.15) is 5.38 Å². The topological polar surface area (TPSA) is 115 Å². The van der Waals surface area contributed by atoms with Gasteiger partial charge in [0.05, 0.1) is 4.86 Å². The molecule has 0 amide bonds. The van der Waals surface area contributed by atoms with Gasteiger partial charge >= 0.3 is 0 Å². The fraction of sp³-hybridized carbons (Fsp3) is 0.200. The van der Waals surface area contributed by atoms with Crippen LogP contribution in [0, 0.1) is 0 Å². The number of aliphatic imine (C=N–C) groups is 1. The van der Waals surface area contributed by atoms with Crippen LogP contribution in [0.15, 0.2) is 16.1 Å². The summed E-state index contributed by atoms with van der Waals surface area (Å²) in [6, 6.07) is 0. The van der Waals surface area contributed by atoms with Crippen LogP contribution in [0.25, 0.3) is 0 Å². The highest BCUT2D eigenvalue weighted by Gasteiger charge is 2.35. The van der Waals surface area contributed by atoms with E-state index in [0.717, 1.165) is 0 Å². The minimum Gasteiger partial charge on any atom is -0.224 e. The summed E-state index contributed by atoms with van der Waals surface area (Å²) in [6.45, 7) is 0. The van der Waals surface area contributed by atoms with Gasteiger partial charge in [-0.05, 0) is 6.08 Å². The van der Waals surface area contributed by atoms with Crippen molar-refractivity contribution in [2.45, 2.75) is 5.38 Å². The van der Waals surface area contributed by atoms with Crippen molar-refractivity contribution >= 4 is 71.3 Å². The van der Waals surface area contributed by atoms with Gasteiger partial charge in [0, 0.05) is 21.4 Å². The summed E-state index contributed by atoms with van der Waals surface area (Å²) in [5.74, 6) is 0. The second-order valence-corrected chi connectivity index (χ2v) is 9.21. The quantitative estimate of drug-likeness (QED) is 0.363. The van der Waals surface area contributed by atoms with Crippen molar-refractivity contribution in [3.63, 3.8) is 0 Å². The molecule has 0 bridgehead atoms. The second kappa shape index (κ2) is 5.10. The molecular formula is C5H2Cl3NO6S3. The van der Waals surface area contributed by atoms with E-state index in [9.17, 15) is 25.3 Å². The van der Waals surface area contributed by atoms with Gasteiger partial charge in [0.15, 0.2) is 10.1 Å². The monoisotopic (exact) mass is 373 g/mol. The Morgan fingerprint density at radius 1 is 1.11 bits per heavy atom. The normalized spacial score (nSPS) is 21.3. The Kier molecular flexibility index (Phi) is 4.51. The number of halogens is 3. The Balaban J connectivity index is 3.74. The summed E-state index contributed by atoms with van der Waals surface area (Å²) >= 11 is 5.54. The number of nitrogens with zero attached hydrogens (tertiary/aromatic N) is 1. The molecule has 13 heteroatoms. The van der Waals surface area contributed by atoms with Gasteiger partial charge in [-0.2, -0.15) is 8.42 Å². The fourth-order valence-electron chi connectivity index (χ4n) is 0.950. The summed E-state index contributed by atoms with van der Waals surface area (Å²) in [5, 5.41) is -3.71. The molecule has 1 unspecified atom stereocenters.